The fraction of sp³-hybridized carbons (Fsp3) is 0.0370. The first-order chi connectivity index (χ1) is 27.8. The molecule has 2 aliphatic carbocycles. The van der Waals surface area contributed by atoms with E-state index in [0.29, 0.717) is 0 Å². The van der Waals surface area contributed by atoms with Crippen molar-refractivity contribution in [1.29, 1.82) is 0 Å². The van der Waals surface area contributed by atoms with Gasteiger partial charge in [-0.3, -0.25) is 0 Å². The summed E-state index contributed by atoms with van der Waals surface area (Å²) >= 11 is 0. The smallest absolute Gasteiger partial charge is 0.252 e. The SMILES string of the molecule is C1=CC2c3ccccc3-c3ccc(-c4cc(-c5ccccc5)c(B5c6ccccc6Oc6ccccc65)c(-c5ccccc5)c4)cc3-c3ccccc3C2C=C1. The Morgan fingerprint density at radius 3 is 1.38 bits per heavy atom. The zero-order chi connectivity index (χ0) is 37.0. The molecule has 0 aromatic heterocycles. The van der Waals surface area contributed by atoms with Crippen molar-refractivity contribution < 1.29 is 4.74 Å². The van der Waals surface area contributed by atoms with Gasteiger partial charge in [0.1, 0.15) is 11.5 Å². The number of para-hydroxylation sites is 2. The van der Waals surface area contributed by atoms with Crippen molar-refractivity contribution in [2.75, 3.05) is 0 Å². The van der Waals surface area contributed by atoms with Crippen molar-refractivity contribution in [3.63, 3.8) is 0 Å². The normalized spacial score (nSPS) is 15.8. The molecule has 8 aromatic carbocycles. The summed E-state index contributed by atoms with van der Waals surface area (Å²) in [5.74, 6) is 2.35. The average Bonchev–Trinajstić information content (AvgIpc) is 3.28. The molecule has 1 heterocycles. The van der Waals surface area contributed by atoms with Gasteiger partial charge in [-0.2, -0.15) is 0 Å². The van der Waals surface area contributed by atoms with E-state index in [9.17, 15) is 0 Å². The lowest BCUT2D eigenvalue weighted by Crippen LogP contribution is -2.56. The van der Waals surface area contributed by atoms with Crippen LogP contribution < -0.4 is 21.1 Å². The third-order valence-corrected chi connectivity index (χ3v) is 12.0. The molecular formula is C54H37BO. The van der Waals surface area contributed by atoms with Crippen LogP contribution in [0.15, 0.2) is 212 Å². The highest BCUT2D eigenvalue weighted by Gasteiger charge is 2.36. The van der Waals surface area contributed by atoms with Crippen LogP contribution in [0.3, 0.4) is 0 Å². The Morgan fingerprint density at radius 1 is 0.339 bits per heavy atom. The number of fused-ring (bicyclic) bond motifs is 10. The van der Waals surface area contributed by atoms with Crippen LogP contribution in [0.25, 0.3) is 55.6 Å². The zero-order valence-electron chi connectivity index (χ0n) is 30.8. The lowest BCUT2D eigenvalue weighted by molar-refractivity contribution is 0.487. The maximum absolute atomic E-state index is 6.56. The molecule has 1 aliphatic heterocycles. The van der Waals surface area contributed by atoms with E-state index in [4.69, 9.17) is 4.74 Å². The largest absolute Gasteiger partial charge is 0.458 e. The van der Waals surface area contributed by atoms with Crippen LogP contribution in [0.5, 0.6) is 11.5 Å². The second-order valence-electron chi connectivity index (χ2n) is 15.1. The maximum Gasteiger partial charge on any atom is 0.252 e. The molecule has 0 saturated carbocycles. The summed E-state index contributed by atoms with van der Waals surface area (Å²) in [4.78, 5) is 0. The van der Waals surface area contributed by atoms with Crippen LogP contribution in [0.1, 0.15) is 23.0 Å². The molecule has 0 spiro atoms. The van der Waals surface area contributed by atoms with Crippen LogP contribution in [-0.4, -0.2) is 6.71 Å². The van der Waals surface area contributed by atoms with E-state index in [0.717, 1.165) is 11.5 Å². The van der Waals surface area contributed by atoms with Crippen LogP contribution >= 0.6 is 0 Å². The lowest BCUT2D eigenvalue weighted by atomic mass is 9.34. The summed E-state index contributed by atoms with van der Waals surface area (Å²) in [6, 6.07) is 69.0. The zero-order valence-corrected chi connectivity index (χ0v) is 30.8. The topological polar surface area (TPSA) is 9.23 Å². The minimum atomic E-state index is -0.0414. The van der Waals surface area contributed by atoms with Crippen LogP contribution in [-0.2, 0) is 0 Å². The van der Waals surface area contributed by atoms with Crippen molar-refractivity contribution in [3.05, 3.63) is 223 Å². The summed E-state index contributed by atoms with van der Waals surface area (Å²) in [5.41, 5.74) is 18.7. The fourth-order valence-corrected chi connectivity index (χ4v) is 9.51. The summed E-state index contributed by atoms with van der Waals surface area (Å²) in [7, 11) is 0. The van der Waals surface area contributed by atoms with E-state index in [1.165, 1.54) is 83.1 Å². The molecule has 262 valence electrons. The molecule has 56 heavy (non-hydrogen) atoms. The van der Waals surface area contributed by atoms with Crippen molar-refractivity contribution >= 4 is 23.1 Å². The Bertz CT molecular complexity index is 2740. The van der Waals surface area contributed by atoms with E-state index in [1.807, 2.05) is 0 Å². The van der Waals surface area contributed by atoms with Gasteiger partial charge in [0.05, 0.1) is 0 Å². The van der Waals surface area contributed by atoms with Crippen LogP contribution in [0, 0.1) is 0 Å². The summed E-state index contributed by atoms with van der Waals surface area (Å²) in [6.45, 7) is -0.0414. The number of benzene rings is 8. The van der Waals surface area contributed by atoms with Crippen LogP contribution in [0.4, 0.5) is 0 Å². The first-order valence-electron chi connectivity index (χ1n) is 19.6. The molecule has 0 amide bonds. The van der Waals surface area contributed by atoms with Crippen molar-refractivity contribution in [2.45, 2.75) is 11.8 Å². The molecule has 2 unspecified atom stereocenters. The number of ether oxygens (including phenoxy) is 1. The van der Waals surface area contributed by atoms with Crippen molar-refractivity contribution in [2.24, 2.45) is 0 Å². The van der Waals surface area contributed by atoms with E-state index in [2.05, 4.69) is 212 Å². The number of hydrogen-bond donors (Lipinski definition) is 0. The predicted octanol–water partition coefficient (Wildman–Crippen LogP) is 12.0. The molecule has 0 bridgehead atoms. The standard InChI is InChI=1S/C54H37BO/c1-3-17-36(18-4-1)47-34-39(35-48(37-19-5-2-6-20-37)54(47)55-50-27-13-15-29-52(50)56-53-30-16-14-28-51(53)55)38-31-32-46-44-25-10-9-23-42(44)40-21-7-8-22-41(40)43-24-11-12-26-45(43)49(46)33-38/h1-35,40-41H. The van der Waals surface area contributed by atoms with Gasteiger partial charge in [-0.25, -0.2) is 0 Å². The van der Waals surface area contributed by atoms with Crippen molar-refractivity contribution in [1.82, 2.24) is 0 Å². The highest BCUT2D eigenvalue weighted by molar-refractivity contribution is 6.98. The predicted molar refractivity (Wildman–Crippen MR) is 235 cm³/mol. The van der Waals surface area contributed by atoms with Crippen molar-refractivity contribution in [3.8, 4) is 67.1 Å². The second-order valence-corrected chi connectivity index (χ2v) is 15.1. The Balaban J connectivity index is 1.20. The molecule has 0 N–H and O–H groups in total. The van der Waals surface area contributed by atoms with Gasteiger partial charge in [-0.05, 0) is 108 Å². The van der Waals surface area contributed by atoms with E-state index in [-0.39, 0.29) is 18.5 Å². The summed E-state index contributed by atoms with van der Waals surface area (Å²) < 4.78 is 6.56. The number of allylic oxidation sites excluding steroid dienone is 4. The molecular weight excluding hydrogens is 675 g/mol. The lowest BCUT2D eigenvalue weighted by Gasteiger charge is -2.32. The molecule has 2 atom stereocenters. The molecule has 2 heteroatoms. The Morgan fingerprint density at radius 2 is 0.804 bits per heavy atom. The van der Waals surface area contributed by atoms with Gasteiger partial charge in [0.2, 0.25) is 0 Å². The maximum atomic E-state index is 6.56. The van der Waals surface area contributed by atoms with Gasteiger partial charge in [-0.1, -0.05) is 187 Å². The molecule has 0 radical (unpaired) electrons. The van der Waals surface area contributed by atoms with E-state index >= 15 is 0 Å². The van der Waals surface area contributed by atoms with Gasteiger partial charge >= 0.3 is 0 Å². The van der Waals surface area contributed by atoms with Gasteiger partial charge in [0, 0.05) is 11.8 Å². The molecule has 1 nitrogen and oxygen atoms in total. The Kier molecular flexibility index (Phi) is 7.81. The number of hydrogen-bond acceptors (Lipinski definition) is 1. The molecule has 0 fully saturated rings. The molecule has 3 aliphatic rings. The highest BCUT2D eigenvalue weighted by atomic mass is 16.5. The molecule has 11 rings (SSSR count). The van der Waals surface area contributed by atoms with E-state index < -0.39 is 0 Å². The minimum Gasteiger partial charge on any atom is -0.458 e. The quantitative estimate of drug-likeness (QED) is 0.165. The Hall–Kier alpha value is -6.90. The summed E-state index contributed by atoms with van der Waals surface area (Å²) in [5, 5.41) is 0. The molecule has 8 aromatic rings. The second kappa shape index (κ2) is 13.4. The Labute approximate surface area is 329 Å². The van der Waals surface area contributed by atoms with Gasteiger partial charge in [-0.15, -0.1) is 0 Å². The molecule has 0 saturated heterocycles. The monoisotopic (exact) mass is 712 g/mol. The highest BCUT2D eigenvalue weighted by Crippen LogP contribution is 2.50. The third kappa shape index (κ3) is 5.33. The fourth-order valence-electron chi connectivity index (χ4n) is 9.51. The first kappa shape index (κ1) is 32.5. The number of rotatable bonds is 4. The third-order valence-electron chi connectivity index (χ3n) is 12.0. The van der Waals surface area contributed by atoms with Gasteiger partial charge in [0.25, 0.3) is 6.71 Å². The van der Waals surface area contributed by atoms with Crippen LogP contribution in [0.2, 0.25) is 0 Å². The summed E-state index contributed by atoms with van der Waals surface area (Å²) in [6.07, 6.45) is 9.19. The van der Waals surface area contributed by atoms with Gasteiger partial charge < -0.3 is 4.74 Å². The van der Waals surface area contributed by atoms with E-state index in [1.54, 1.807) is 0 Å². The average molecular weight is 713 g/mol. The first-order valence-corrected chi connectivity index (χ1v) is 19.6. The minimum absolute atomic E-state index is 0.0414. The van der Waals surface area contributed by atoms with Gasteiger partial charge in [0.15, 0.2) is 0 Å².